The summed E-state index contributed by atoms with van der Waals surface area (Å²) in [5.41, 5.74) is 2.83. The Hall–Kier alpha value is -3.54. The van der Waals surface area contributed by atoms with Crippen molar-refractivity contribution in [3.8, 4) is 11.5 Å². The molecule has 27 heavy (non-hydrogen) atoms. The number of carbonyl (C=O) groups excluding carboxylic acids is 1. The molecule has 6 heteroatoms. The van der Waals surface area contributed by atoms with Gasteiger partial charge >= 0.3 is 0 Å². The summed E-state index contributed by atoms with van der Waals surface area (Å²) in [6, 6.07) is 18.7. The van der Waals surface area contributed by atoms with Crippen LogP contribution in [-0.2, 0) is 4.79 Å². The van der Waals surface area contributed by atoms with Gasteiger partial charge in [0.25, 0.3) is 5.91 Å². The molecule has 0 fully saturated rings. The molecule has 2 N–H and O–H groups in total. The number of amides is 1. The van der Waals surface area contributed by atoms with E-state index >= 15 is 0 Å². The van der Waals surface area contributed by atoms with E-state index in [0.29, 0.717) is 11.6 Å². The Morgan fingerprint density at radius 3 is 2.52 bits per heavy atom. The number of aromatic nitrogens is 1. The zero-order valence-electron chi connectivity index (χ0n) is 15.2. The summed E-state index contributed by atoms with van der Waals surface area (Å²) >= 11 is 0. The lowest BCUT2D eigenvalue weighted by Crippen LogP contribution is -2.20. The third-order valence-electron chi connectivity index (χ3n) is 3.78. The molecule has 3 aromatic rings. The number of hydrogen-bond donors (Lipinski definition) is 2. The molecule has 1 heterocycles. The number of nitrogens with zero attached hydrogens (tertiary/aromatic N) is 1. The lowest BCUT2D eigenvalue weighted by Gasteiger charge is -2.09. The lowest BCUT2D eigenvalue weighted by atomic mass is 10.2. The molecule has 0 radical (unpaired) electrons. The first-order valence-electron chi connectivity index (χ1n) is 8.49. The number of ether oxygens (including phenoxy) is 2. The van der Waals surface area contributed by atoms with Crippen molar-refractivity contribution >= 4 is 23.1 Å². The van der Waals surface area contributed by atoms with Crippen LogP contribution in [0.2, 0.25) is 0 Å². The highest BCUT2D eigenvalue weighted by Crippen LogP contribution is 2.21. The maximum Gasteiger partial charge on any atom is 0.263 e. The van der Waals surface area contributed by atoms with Crippen LogP contribution in [0.4, 0.5) is 17.2 Å². The lowest BCUT2D eigenvalue weighted by molar-refractivity contribution is -0.118. The van der Waals surface area contributed by atoms with E-state index in [2.05, 4.69) is 15.6 Å². The summed E-state index contributed by atoms with van der Waals surface area (Å²) in [7, 11) is 1.63. The summed E-state index contributed by atoms with van der Waals surface area (Å²) in [4.78, 5) is 16.2. The zero-order chi connectivity index (χ0) is 19.1. The first kappa shape index (κ1) is 18.3. The topological polar surface area (TPSA) is 72.5 Å². The van der Waals surface area contributed by atoms with Crippen LogP contribution in [0, 0.1) is 6.92 Å². The molecule has 0 aliphatic heterocycles. The van der Waals surface area contributed by atoms with Crippen LogP contribution in [0.25, 0.3) is 0 Å². The second-order valence-electron chi connectivity index (χ2n) is 5.94. The van der Waals surface area contributed by atoms with Crippen molar-refractivity contribution in [3.05, 3.63) is 72.4 Å². The molecule has 0 saturated carbocycles. The number of carbonyl (C=O) groups is 1. The van der Waals surface area contributed by atoms with Crippen LogP contribution in [-0.4, -0.2) is 24.6 Å². The second-order valence-corrected chi connectivity index (χ2v) is 5.94. The molecule has 0 atom stereocenters. The predicted molar refractivity (Wildman–Crippen MR) is 106 cm³/mol. The summed E-state index contributed by atoms with van der Waals surface area (Å²) in [5.74, 6) is 1.62. The monoisotopic (exact) mass is 363 g/mol. The minimum atomic E-state index is -0.267. The smallest absolute Gasteiger partial charge is 0.263 e. The molecule has 1 amide bonds. The van der Waals surface area contributed by atoms with E-state index in [-0.39, 0.29) is 12.5 Å². The van der Waals surface area contributed by atoms with Crippen molar-refractivity contribution in [3.63, 3.8) is 0 Å². The zero-order valence-corrected chi connectivity index (χ0v) is 15.2. The number of benzene rings is 2. The molecule has 2 aromatic carbocycles. The Morgan fingerprint density at radius 1 is 1.00 bits per heavy atom. The van der Waals surface area contributed by atoms with Crippen LogP contribution in [0.3, 0.4) is 0 Å². The molecule has 1 aromatic heterocycles. The maximum atomic E-state index is 12.0. The minimum Gasteiger partial charge on any atom is -0.497 e. The number of pyridine rings is 1. The predicted octanol–water partition coefficient (Wildman–Crippen LogP) is 4.16. The molecule has 0 bridgehead atoms. The van der Waals surface area contributed by atoms with Crippen LogP contribution in [0.5, 0.6) is 11.5 Å². The molecule has 3 rings (SSSR count). The quantitative estimate of drug-likeness (QED) is 0.659. The van der Waals surface area contributed by atoms with Crippen LogP contribution >= 0.6 is 0 Å². The number of methoxy groups -OCH3 is 1. The normalized spacial score (nSPS) is 10.1. The molecule has 6 nitrogen and oxygen atoms in total. The Kier molecular flexibility index (Phi) is 5.89. The summed E-state index contributed by atoms with van der Waals surface area (Å²) in [6.45, 7) is 1.92. The Morgan fingerprint density at radius 2 is 1.81 bits per heavy atom. The standard InChI is InChI=1S/C21H21N3O3/c1-15-6-9-18(10-7-15)27-14-21(25)24-20-11-8-17(13-22-20)23-16-4-3-5-19(12-16)26-2/h3-13,23H,14H2,1-2H3,(H,22,24,25). The van der Waals surface area contributed by atoms with Crippen molar-refractivity contribution in [2.75, 3.05) is 24.4 Å². The summed E-state index contributed by atoms with van der Waals surface area (Å²) in [5, 5.41) is 5.94. The average molecular weight is 363 g/mol. The Balaban J connectivity index is 1.52. The third kappa shape index (κ3) is 5.47. The highest BCUT2D eigenvalue weighted by atomic mass is 16.5. The first-order chi connectivity index (χ1) is 13.1. The number of anilines is 3. The van der Waals surface area contributed by atoms with Crippen molar-refractivity contribution in [1.29, 1.82) is 0 Å². The molecule has 0 aliphatic rings. The molecule has 0 spiro atoms. The molecule has 0 saturated heterocycles. The average Bonchev–Trinajstić information content (AvgIpc) is 2.69. The fraction of sp³-hybridized carbons (Fsp3) is 0.143. The molecule has 138 valence electrons. The minimum absolute atomic E-state index is 0.0748. The van der Waals surface area contributed by atoms with Crippen LogP contribution in [0.1, 0.15) is 5.56 Å². The second kappa shape index (κ2) is 8.71. The van der Waals surface area contributed by atoms with Gasteiger partial charge in [-0.3, -0.25) is 4.79 Å². The van der Waals surface area contributed by atoms with Gasteiger partial charge in [-0.25, -0.2) is 4.98 Å². The maximum absolute atomic E-state index is 12.0. The van der Waals surface area contributed by atoms with Crippen molar-refractivity contribution in [2.45, 2.75) is 6.92 Å². The van der Waals surface area contributed by atoms with Gasteiger partial charge in [-0.1, -0.05) is 23.8 Å². The summed E-state index contributed by atoms with van der Waals surface area (Å²) < 4.78 is 10.7. The number of rotatable bonds is 7. The van der Waals surface area contributed by atoms with Gasteiger partial charge in [-0.2, -0.15) is 0 Å². The fourth-order valence-electron chi connectivity index (χ4n) is 2.37. The van der Waals surface area contributed by atoms with Gasteiger partial charge in [0.1, 0.15) is 17.3 Å². The SMILES string of the molecule is COc1cccc(Nc2ccc(NC(=O)COc3ccc(C)cc3)nc2)c1. The number of nitrogens with one attached hydrogen (secondary N) is 2. The number of hydrogen-bond acceptors (Lipinski definition) is 5. The molecular weight excluding hydrogens is 342 g/mol. The van der Waals surface area contributed by atoms with E-state index in [4.69, 9.17) is 9.47 Å². The third-order valence-corrected chi connectivity index (χ3v) is 3.78. The van der Waals surface area contributed by atoms with Gasteiger partial charge in [-0.15, -0.1) is 0 Å². The number of aryl methyl sites for hydroxylation is 1. The van der Waals surface area contributed by atoms with Crippen LogP contribution < -0.4 is 20.1 Å². The molecular formula is C21H21N3O3. The van der Waals surface area contributed by atoms with E-state index in [1.165, 1.54) is 0 Å². The van der Waals surface area contributed by atoms with Crippen molar-refractivity contribution in [1.82, 2.24) is 4.98 Å². The van der Waals surface area contributed by atoms with Crippen molar-refractivity contribution in [2.24, 2.45) is 0 Å². The van der Waals surface area contributed by atoms with Gasteiger partial charge in [0.15, 0.2) is 6.61 Å². The van der Waals surface area contributed by atoms with Gasteiger partial charge in [0, 0.05) is 11.8 Å². The van der Waals surface area contributed by atoms with Crippen molar-refractivity contribution < 1.29 is 14.3 Å². The van der Waals surface area contributed by atoms with E-state index in [1.807, 2.05) is 61.5 Å². The first-order valence-corrected chi connectivity index (χ1v) is 8.49. The highest BCUT2D eigenvalue weighted by molar-refractivity contribution is 5.91. The highest BCUT2D eigenvalue weighted by Gasteiger charge is 2.05. The molecule has 0 unspecified atom stereocenters. The van der Waals surface area contributed by atoms with E-state index < -0.39 is 0 Å². The van der Waals surface area contributed by atoms with E-state index in [0.717, 1.165) is 22.7 Å². The largest absolute Gasteiger partial charge is 0.497 e. The fourth-order valence-corrected chi connectivity index (χ4v) is 2.37. The van der Waals surface area contributed by atoms with Gasteiger partial charge in [0.05, 0.1) is 19.0 Å². The Labute approximate surface area is 158 Å². The molecule has 0 aliphatic carbocycles. The van der Waals surface area contributed by atoms with Gasteiger partial charge in [0.2, 0.25) is 0 Å². The van der Waals surface area contributed by atoms with Gasteiger partial charge < -0.3 is 20.1 Å². The van der Waals surface area contributed by atoms with Gasteiger partial charge in [-0.05, 0) is 43.3 Å². The Bertz CT molecular complexity index is 893. The van der Waals surface area contributed by atoms with Crippen LogP contribution in [0.15, 0.2) is 66.9 Å². The van der Waals surface area contributed by atoms with E-state index in [9.17, 15) is 4.79 Å². The van der Waals surface area contributed by atoms with E-state index in [1.54, 1.807) is 19.4 Å². The summed E-state index contributed by atoms with van der Waals surface area (Å²) in [6.07, 6.45) is 1.65.